The van der Waals surface area contributed by atoms with E-state index in [4.69, 9.17) is 21.3 Å². The van der Waals surface area contributed by atoms with Crippen molar-refractivity contribution >= 4 is 46.5 Å². The second-order valence-electron chi connectivity index (χ2n) is 7.45. The molecule has 3 rings (SSSR count). The molecule has 1 saturated heterocycles. The molecule has 6 N–H and O–H groups in total. The first kappa shape index (κ1) is 28.5. The smallest absolute Gasteiger partial charge is 0.244 e. The topological polar surface area (TPSA) is 153 Å². The number of nitrogens with zero attached hydrogens (tertiary/aromatic N) is 1. The monoisotopic (exact) mass is 517 g/mol. The molecule has 1 atom stereocenters. The van der Waals surface area contributed by atoms with Gasteiger partial charge in [0.05, 0.1) is 12.4 Å². The number of benzene rings is 2. The van der Waals surface area contributed by atoms with Crippen molar-refractivity contribution in [3.05, 3.63) is 53.6 Å². The van der Waals surface area contributed by atoms with Crippen molar-refractivity contribution in [3.63, 3.8) is 0 Å². The van der Waals surface area contributed by atoms with Gasteiger partial charge in [-0.25, -0.2) is 13.1 Å². The Morgan fingerprint density at radius 2 is 1.88 bits per heavy atom. The van der Waals surface area contributed by atoms with Crippen molar-refractivity contribution in [2.24, 2.45) is 5.73 Å². The van der Waals surface area contributed by atoms with E-state index in [0.717, 1.165) is 24.3 Å². The molecular formula is C21H29Cl2N5O4S. The molecule has 0 radical (unpaired) electrons. The lowest BCUT2D eigenvalue weighted by Crippen LogP contribution is -2.28. The van der Waals surface area contributed by atoms with E-state index >= 15 is 0 Å². The van der Waals surface area contributed by atoms with Crippen molar-refractivity contribution in [1.82, 2.24) is 9.62 Å². The molecule has 0 amide bonds. The molecule has 1 aliphatic rings. The van der Waals surface area contributed by atoms with Crippen LogP contribution in [-0.2, 0) is 16.4 Å². The standard InChI is InChI=1S/C21H27N5O4S.2ClH/c1-14(22)26-11-9-18(13-26)30-17-5-2-15(3-6-17)8-10-25-31(28,29)20-12-16(21(23)24)4-7-19(20)27;;/h2-7,12,18,22,25,27H,8-11,13H2,1H3,(H3,23,24);2*1H. The number of aromatic hydroxyl groups is 1. The fraction of sp³-hybridized carbons (Fsp3) is 0.333. The lowest BCUT2D eigenvalue weighted by Gasteiger charge is -2.17. The van der Waals surface area contributed by atoms with E-state index in [-0.39, 0.29) is 53.8 Å². The van der Waals surface area contributed by atoms with E-state index in [1.165, 1.54) is 18.2 Å². The second kappa shape index (κ2) is 12.1. The molecule has 0 spiro atoms. The van der Waals surface area contributed by atoms with E-state index in [0.29, 0.717) is 18.8 Å². The van der Waals surface area contributed by atoms with E-state index in [1.807, 2.05) is 29.2 Å². The molecule has 182 valence electrons. The first-order chi connectivity index (χ1) is 14.7. The van der Waals surface area contributed by atoms with Gasteiger partial charge >= 0.3 is 0 Å². The third-order valence-electron chi connectivity index (χ3n) is 5.11. The van der Waals surface area contributed by atoms with Crippen LogP contribution in [0.1, 0.15) is 24.5 Å². The number of likely N-dealkylation sites (tertiary alicyclic amines) is 1. The molecule has 0 bridgehead atoms. The normalized spacial score (nSPS) is 15.3. The number of ether oxygens (including phenoxy) is 1. The van der Waals surface area contributed by atoms with Gasteiger partial charge in [-0.05, 0) is 49.2 Å². The molecule has 0 aromatic heterocycles. The Kier molecular flexibility index (Phi) is 10.4. The van der Waals surface area contributed by atoms with Gasteiger partial charge in [-0.3, -0.25) is 10.8 Å². The molecule has 33 heavy (non-hydrogen) atoms. The number of amidine groups is 2. The van der Waals surface area contributed by atoms with Crippen LogP contribution in [0.5, 0.6) is 11.5 Å². The highest BCUT2D eigenvalue weighted by molar-refractivity contribution is 7.89. The van der Waals surface area contributed by atoms with Crippen LogP contribution in [0.15, 0.2) is 47.4 Å². The number of phenolic OH excluding ortho intramolecular Hbond substituents is 1. The molecule has 2 aromatic rings. The number of halogens is 2. The number of hydrogen-bond donors (Lipinski definition) is 5. The molecule has 1 heterocycles. The third kappa shape index (κ3) is 7.50. The van der Waals surface area contributed by atoms with E-state index in [9.17, 15) is 13.5 Å². The van der Waals surface area contributed by atoms with Crippen LogP contribution in [0.2, 0.25) is 0 Å². The zero-order valence-electron chi connectivity index (χ0n) is 18.1. The van der Waals surface area contributed by atoms with E-state index in [1.54, 1.807) is 6.92 Å². The van der Waals surface area contributed by atoms with Crippen molar-refractivity contribution < 1.29 is 18.3 Å². The zero-order valence-corrected chi connectivity index (χ0v) is 20.5. The predicted molar refractivity (Wildman–Crippen MR) is 133 cm³/mol. The van der Waals surface area contributed by atoms with Gasteiger partial charge in [-0.1, -0.05) is 12.1 Å². The Labute approximate surface area is 206 Å². The largest absolute Gasteiger partial charge is 0.507 e. The minimum Gasteiger partial charge on any atom is -0.507 e. The quantitative estimate of drug-likeness (QED) is 0.267. The van der Waals surface area contributed by atoms with Gasteiger partial charge in [0, 0.05) is 25.1 Å². The maximum absolute atomic E-state index is 12.5. The lowest BCUT2D eigenvalue weighted by atomic mass is 10.1. The molecule has 2 aromatic carbocycles. The Morgan fingerprint density at radius 1 is 1.21 bits per heavy atom. The van der Waals surface area contributed by atoms with Crippen molar-refractivity contribution in [3.8, 4) is 11.5 Å². The molecule has 1 aliphatic heterocycles. The van der Waals surface area contributed by atoms with Gasteiger partial charge in [-0.15, -0.1) is 24.8 Å². The average Bonchev–Trinajstić information content (AvgIpc) is 3.18. The maximum atomic E-state index is 12.5. The van der Waals surface area contributed by atoms with Gasteiger partial charge in [-0.2, -0.15) is 0 Å². The minimum absolute atomic E-state index is 0. The number of phenols is 1. The number of nitrogens with one attached hydrogen (secondary N) is 3. The van der Waals surface area contributed by atoms with Gasteiger partial charge in [0.1, 0.15) is 28.3 Å². The predicted octanol–water partition coefficient (Wildman–Crippen LogP) is 2.49. The Balaban J connectivity index is 0.00000272. The van der Waals surface area contributed by atoms with Crippen LogP contribution in [0.4, 0.5) is 0 Å². The van der Waals surface area contributed by atoms with Gasteiger partial charge in [0.2, 0.25) is 10.0 Å². The summed E-state index contributed by atoms with van der Waals surface area (Å²) >= 11 is 0. The number of rotatable bonds is 8. The molecular weight excluding hydrogens is 489 g/mol. The summed E-state index contributed by atoms with van der Waals surface area (Å²) in [7, 11) is -3.95. The molecule has 1 fully saturated rings. The second-order valence-corrected chi connectivity index (χ2v) is 9.18. The highest BCUT2D eigenvalue weighted by atomic mass is 35.5. The van der Waals surface area contributed by atoms with Crippen LogP contribution in [-0.4, -0.2) is 55.8 Å². The van der Waals surface area contributed by atoms with E-state index < -0.39 is 15.8 Å². The highest BCUT2D eigenvalue weighted by Gasteiger charge is 2.24. The number of nitrogens with two attached hydrogens (primary N) is 1. The van der Waals surface area contributed by atoms with Crippen LogP contribution in [0.3, 0.4) is 0 Å². The number of nitrogen functional groups attached to an aromatic ring is 1. The van der Waals surface area contributed by atoms with E-state index in [2.05, 4.69) is 4.72 Å². The highest BCUT2D eigenvalue weighted by Crippen LogP contribution is 2.24. The third-order valence-corrected chi connectivity index (χ3v) is 6.60. The fourth-order valence-electron chi connectivity index (χ4n) is 3.36. The number of hydrogen-bond acceptors (Lipinski definition) is 6. The van der Waals surface area contributed by atoms with Crippen LogP contribution in [0.25, 0.3) is 0 Å². The van der Waals surface area contributed by atoms with Gasteiger partial charge < -0.3 is 20.5 Å². The Morgan fingerprint density at radius 3 is 2.45 bits per heavy atom. The van der Waals surface area contributed by atoms with Crippen LogP contribution in [0, 0.1) is 10.8 Å². The van der Waals surface area contributed by atoms with Crippen molar-refractivity contribution in [1.29, 1.82) is 10.8 Å². The Hall–Kier alpha value is -2.53. The summed E-state index contributed by atoms with van der Waals surface area (Å²) in [6, 6.07) is 11.2. The summed E-state index contributed by atoms with van der Waals surface area (Å²) in [5.41, 5.74) is 6.55. The van der Waals surface area contributed by atoms with Crippen LogP contribution < -0.4 is 15.2 Å². The molecule has 1 unspecified atom stereocenters. The Bertz CT molecular complexity index is 1080. The van der Waals surface area contributed by atoms with Crippen molar-refractivity contribution in [2.45, 2.75) is 30.8 Å². The summed E-state index contributed by atoms with van der Waals surface area (Å²) < 4.78 is 33.5. The molecule has 12 heteroatoms. The number of sulfonamides is 1. The minimum atomic E-state index is -3.95. The van der Waals surface area contributed by atoms with Crippen molar-refractivity contribution in [2.75, 3.05) is 19.6 Å². The van der Waals surface area contributed by atoms with Gasteiger partial charge in [0.25, 0.3) is 0 Å². The molecule has 0 saturated carbocycles. The first-order valence-electron chi connectivity index (χ1n) is 9.88. The average molecular weight is 518 g/mol. The lowest BCUT2D eigenvalue weighted by molar-refractivity contribution is 0.214. The maximum Gasteiger partial charge on any atom is 0.244 e. The first-order valence-corrected chi connectivity index (χ1v) is 11.4. The SMILES string of the molecule is CC(=N)N1CCC(Oc2ccc(CCNS(=O)(=O)c3cc(C(=N)N)ccc3O)cc2)C1.Cl.Cl. The summed E-state index contributed by atoms with van der Waals surface area (Å²) in [6.07, 6.45) is 1.38. The fourth-order valence-corrected chi connectivity index (χ4v) is 4.51. The summed E-state index contributed by atoms with van der Waals surface area (Å²) in [5.74, 6) is 0.606. The zero-order chi connectivity index (χ0) is 22.6. The summed E-state index contributed by atoms with van der Waals surface area (Å²) in [6.45, 7) is 3.44. The molecule has 9 nitrogen and oxygen atoms in total. The molecule has 0 aliphatic carbocycles. The summed E-state index contributed by atoms with van der Waals surface area (Å²) in [5, 5.41) is 25.0. The summed E-state index contributed by atoms with van der Waals surface area (Å²) in [4.78, 5) is 1.67. The van der Waals surface area contributed by atoms with Crippen LogP contribution >= 0.6 is 24.8 Å². The van der Waals surface area contributed by atoms with Gasteiger partial charge in [0.15, 0.2) is 0 Å².